The highest BCUT2D eigenvalue weighted by molar-refractivity contribution is 5.38. The van der Waals surface area contributed by atoms with Crippen LogP contribution in [0.15, 0.2) is 24.4 Å². The number of nitrogens with zero attached hydrogens (tertiary/aromatic N) is 2. The molecule has 0 bridgehead atoms. The van der Waals surface area contributed by atoms with Gasteiger partial charge >= 0.3 is 0 Å². The number of pyridine rings is 1. The van der Waals surface area contributed by atoms with Gasteiger partial charge in [-0.15, -0.1) is 0 Å². The predicted octanol–water partition coefficient (Wildman–Crippen LogP) is 3.46. The largest absolute Gasteiger partial charge is 0.357 e. The molecule has 3 heteroatoms. The Balaban J connectivity index is 1.50. The smallest absolute Gasteiger partial charge is 0.128 e. The molecule has 0 radical (unpaired) electrons. The van der Waals surface area contributed by atoms with Crippen LogP contribution < -0.4 is 10.2 Å². The fourth-order valence-corrected chi connectivity index (χ4v) is 3.94. The van der Waals surface area contributed by atoms with Crippen molar-refractivity contribution < 1.29 is 0 Å². The van der Waals surface area contributed by atoms with E-state index < -0.39 is 0 Å². The van der Waals surface area contributed by atoms with Gasteiger partial charge in [-0.3, -0.25) is 0 Å². The minimum absolute atomic E-state index is 0.697. The second-order valence-corrected chi connectivity index (χ2v) is 6.99. The molecular weight excluding hydrogens is 258 g/mol. The van der Waals surface area contributed by atoms with Gasteiger partial charge in [0, 0.05) is 31.4 Å². The van der Waals surface area contributed by atoms with Gasteiger partial charge in [0.25, 0.3) is 0 Å². The minimum Gasteiger partial charge on any atom is -0.357 e. The molecule has 1 aromatic rings. The lowest BCUT2D eigenvalue weighted by molar-refractivity contribution is 0.186. The monoisotopic (exact) mass is 287 g/mol. The molecule has 0 aromatic carbocycles. The topological polar surface area (TPSA) is 28.2 Å². The van der Waals surface area contributed by atoms with Crippen LogP contribution in [0.25, 0.3) is 0 Å². The summed E-state index contributed by atoms with van der Waals surface area (Å²) in [6.45, 7) is 7.11. The highest BCUT2D eigenvalue weighted by Gasteiger charge is 2.29. The van der Waals surface area contributed by atoms with Crippen LogP contribution in [0, 0.1) is 11.8 Å². The molecule has 2 fully saturated rings. The van der Waals surface area contributed by atoms with E-state index in [0.717, 1.165) is 36.8 Å². The Bertz CT molecular complexity index is 425. The molecule has 1 saturated heterocycles. The molecule has 3 unspecified atom stereocenters. The zero-order chi connectivity index (χ0) is 14.7. The first kappa shape index (κ1) is 14.8. The van der Waals surface area contributed by atoms with Crippen molar-refractivity contribution in [2.75, 3.05) is 18.0 Å². The van der Waals surface area contributed by atoms with Gasteiger partial charge in [0.1, 0.15) is 5.82 Å². The van der Waals surface area contributed by atoms with Gasteiger partial charge < -0.3 is 10.2 Å². The van der Waals surface area contributed by atoms with Crippen LogP contribution in [0.2, 0.25) is 0 Å². The summed E-state index contributed by atoms with van der Waals surface area (Å²) in [5.74, 6) is 2.84. The van der Waals surface area contributed by atoms with Gasteiger partial charge in [-0.25, -0.2) is 4.98 Å². The molecule has 1 aromatic heterocycles. The maximum absolute atomic E-state index is 4.47. The molecule has 3 rings (SSSR count). The summed E-state index contributed by atoms with van der Waals surface area (Å²) in [6.07, 6.45) is 8.56. The molecule has 2 heterocycles. The molecule has 116 valence electrons. The first-order chi connectivity index (χ1) is 10.2. The number of rotatable bonds is 3. The standard InChI is InChI=1S/C18H29N3/c1-14-6-5-7-17(15(14)2)20-16-9-12-21(13-10-16)18-8-3-4-11-19-18/h3-4,8,11,14-17,20H,5-7,9-10,12-13H2,1-2H3. The Morgan fingerprint density at radius 3 is 2.62 bits per heavy atom. The fourth-order valence-electron chi connectivity index (χ4n) is 3.94. The molecule has 1 aliphatic carbocycles. The third-order valence-corrected chi connectivity index (χ3v) is 5.62. The Kier molecular flexibility index (Phi) is 4.79. The normalized spacial score (nSPS) is 31.3. The first-order valence-corrected chi connectivity index (χ1v) is 8.66. The Labute approximate surface area is 129 Å². The second kappa shape index (κ2) is 6.78. The lowest BCUT2D eigenvalue weighted by Gasteiger charge is -2.40. The Morgan fingerprint density at radius 1 is 1.10 bits per heavy atom. The van der Waals surface area contributed by atoms with Gasteiger partial charge in [0.05, 0.1) is 0 Å². The van der Waals surface area contributed by atoms with E-state index >= 15 is 0 Å². The van der Waals surface area contributed by atoms with E-state index in [1.165, 1.54) is 32.1 Å². The Morgan fingerprint density at radius 2 is 1.90 bits per heavy atom. The van der Waals surface area contributed by atoms with Crippen LogP contribution in [0.3, 0.4) is 0 Å². The van der Waals surface area contributed by atoms with Gasteiger partial charge in [-0.2, -0.15) is 0 Å². The number of hydrogen-bond donors (Lipinski definition) is 1. The number of nitrogens with one attached hydrogen (secondary N) is 1. The number of anilines is 1. The van der Waals surface area contributed by atoms with E-state index in [1.807, 2.05) is 12.3 Å². The maximum Gasteiger partial charge on any atom is 0.128 e. The molecule has 3 nitrogen and oxygen atoms in total. The van der Waals surface area contributed by atoms with Crippen molar-refractivity contribution in [2.45, 2.75) is 58.0 Å². The fraction of sp³-hybridized carbons (Fsp3) is 0.722. The van der Waals surface area contributed by atoms with Gasteiger partial charge in [-0.1, -0.05) is 32.8 Å². The first-order valence-electron chi connectivity index (χ1n) is 8.66. The predicted molar refractivity (Wildman–Crippen MR) is 88.6 cm³/mol. The molecule has 3 atom stereocenters. The zero-order valence-electron chi connectivity index (χ0n) is 13.5. The number of aromatic nitrogens is 1. The molecular formula is C18H29N3. The summed E-state index contributed by atoms with van der Waals surface area (Å²) in [6, 6.07) is 7.63. The summed E-state index contributed by atoms with van der Waals surface area (Å²) < 4.78 is 0. The van der Waals surface area contributed by atoms with E-state index in [0.29, 0.717) is 6.04 Å². The SMILES string of the molecule is CC1CCCC(NC2CCN(c3ccccn3)CC2)C1C. The number of hydrogen-bond acceptors (Lipinski definition) is 3. The number of piperidine rings is 1. The quantitative estimate of drug-likeness (QED) is 0.922. The lowest BCUT2D eigenvalue weighted by Crippen LogP contribution is -2.50. The van der Waals surface area contributed by atoms with Crippen LogP contribution >= 0.6 is 0 Å². The summed E-state index contributed by atoms with van der Waals surface area (Å²) in [7, 11) is 0. The van der Waals surface area contributed by atoms with E-state index in [9.17, 15) is 0 Å². The van der Waals surface area contributed by atoms with Crippen LogP contribution in [-0.2, 0) is 0 Å². The lowest BCUT2D eigenvalue weighted by atomic mass is 9.77. The third kappa shape index (κ3) is 3.57. The summed E-state index contributed by atoms with van der Waals surface area (Å²) in [4.78, 5) is 6.89. The van der Waals surface area contributed by atoms with Gasteiger partial charge in [-0.05, 0) is 43.2 Å². The van der Waals surface area contributed by atoms with Crippen LogP contribution in [-0.4, -0.2) is 30.2 Å². The van der Waals surface area contributed by atoms with E-state index in [-0.39, 0.29) is 0 Å². The summed E-state index contributed by atoms with van der Waals surface area (Å²) >= 11 is 0. The van der Waals surface area contributed by atoms with Crippen molar-refractivity contribution in [1.82, 2.24) is 10.3 Å². The third-order valence-electron chi connectivity index (χ3n) is 5.62. The molecule has 1 aliphatic heterocycles. The molecule has 2 aliphatic rings. The highest BCUT2D eigenvalue weighted by atomic mass is 15.2. The maximum atomic E-state index is 4.47. The van der Waals surface area contributed by atoms with Crippen molar-refractivity contribution in [3.8, 4) is 0 Å². The van der Waals surface area contributed by atoms with Crippen LogP contribution in [0.4, 0.5) is 5.82 Å². The van der Waals surface area contributed by atoms with Crippen LogP contribution in [0.1, 0.15) is 46.0 Å². The molecule has 0 spiro atoms. The van der Waals surface area contributed by atoms with E-state index in [1.54, 1.807) is 0 Å². The van der Waals surface area contributed by atoms with Gasteiger partial charge in [0.15, 0.2) is 0 Å². The molecule has 0 amide bonds. The Hall–Kier alpha value is -1.09. The molecule has 1 N–H and O–H groups in total. The van der Waals surface area contributed by atoms with Crippen molar-refractivity contribution in [1.29, 1.82) is 0 Å². The average Bonchev–Trinajstić information content (AvgIpc) is 2.53. The van der Waals surface area contributed by atoms with Crippen molar-refractivity contribution in [2.24, 2.45) is 11.8 Å². The van der Waals surface area contributed by atoms with E-state index in [2.05, 4.69) is 41.2 Å². The second-order valence-electron chi connectivity index (χ2n) is 6.99. The minimum atomic E-state index is 0.697. The zero-order valence-corrected chi connectivity index (χ0v) is 13.5. The van der Waals surface area contributed by atoms with Crippen molar-refractivity contribution in [3.05, 3.63) is 24.4 Å². The van der Waals surface area contributed by atoms with Crippen molar-refractivity contribution in [3.63, 3.8) is 0 Å². The highest BCUT2D eigenvalue weighted by Crippen LogP contribution is 2.30. The van der Waals surface area contributed by atoms with E-state index in [4.69, 9.17) is 0 Å². The van der Waals surface area contributed by atoms with Gasteiger partial charge in [0.2, 0.25) is 0 Å². The molecule has 1 saturated carbocycles. The summed E-state index contributed by atoms with van der Waals surface area (Å²) in [5.41, 5.74) is 0. The average molecular weight is 287 g/mol. The summed E-state index contributed by atoms with van der Waals surface area (Å²) in [5, 5.41) is 3.96. The van der Waals surface area contributed by atoms with Crippen molar-refractivity contribution >= 4 is 5.82 Å². The molecule has 21 heavy (non-hydrogen) atoms. The van der Waals surface area contributed by atoms with Crippen LogP contribution in [0.5, 0.6) is 0 Å².